The number of halogens is 5. The molecule has 0 aliphatic rings. The molecule has 9 heteroatoms. The first-order chi connectivity index (χ1) is 10.5. The van der Waals surface area contributed by atoms with Crippen molar-refractivity contribution >= 4 is 7.60 Å². The molecule has 3 nitrogen and oxygen atoms in total. The van der Waals surface area contributed by atoms with Gasteiger partial charge in [0.2, 0.25) is 0 Å². The Morgan fingerprint density at radius 2 is 1.00 bits per heavy atom. The standard InChI is InChI=1S/C14H26F5O3P/c15-13(16,14(17,18)19)11-9-7-5-3-1-2-4-6-8-10-12-23(20,21)22/h1-12H2,(H2,20,21,22). The molecule has 2 N–H and O–H groups in total. The van der Waals surface area contributed by atoms with Crippen molar-refractivity contribution in [2.45, 2.75) is 82.7 Å². The number of rotatable bonds is 13. The summed E-state index contributed by atoms with van der Waals surface area (Å²) in [5, 5.41) is 0. The third kappa shape index (κ3) is 12.8. The molecule has 0 aromatic heterocycles. The largest absolute Gasteiger partial charge is 0.453 e. The molecule has 0 saturated carbocycles. The number of hydrogen-bond donors (Lipinski definition) is 2. The quantitative estimate of drug-likeness (QED) is 0.251. The molecule has 0 rings (SSSR count). The van der Waals surface area contributed by atoms with Crippen LogP contribution in [-0.2, 0) is 4.57 Å². The van der Waals surface area contributed by atoms with E-state index in [1.54, 1.807) is 0 Å². The molecule has 23 heavy (non-hydrogen) atoms. The van der Waals surface area contributed by atoms with Crippen LogP contribution in [-0.4, -0.2) is 28.0 Å². The molecule has 0 radical (unpaired) electrons. The lowest BCUT2D eigenvalue weighted by Crippen LogP contribution is -2.36. The lowest BCUT2D eigenvalue weighted by molar-refractivity contribution is -0.284. The molecule has 0 amide bonds. The van der Waals surface area contributed by atoms with Gasteiger partial charge in [0.15, 0.2) is 0 Å². The second-order valence-corrected chi connectivity index (χ2v) is 7.65. The Morgan fingerprint density at radius 3 is 1.35 bits per heavy atom. The van der Waals surface area contributed by atoms with Crippen molar-refractivity contribution in [3.63, 3.8) is 0 Å². The van der Waals surface area contributed by atoms with E-state index in [4.69, 9.17) is 9.79 Å². The predicted molar refractivity (Wildman–Crippen MR) is 78.7 cm³/mol. The Morgan fingerprint density at radius 1 is 0.652 bits per heavy atom. The molecule has 0 aromatic rings. The number of hydrogen-bond acceptors (Lipinski definition) is 1. The van der Waals surface area contributed by atoms with Crippen molar-refractivity contribution in [2.24, 2.45) is 0 Å². The highest BCUT2D eigenvalue weighted by Gasteiger charge is 2.56. The van der Waals surface area contributed by atoms with E-state index in [0.29, 0.717) is 19.3 Å². The normalized spacial score (nSPS) is 13.5. The van der Waals surface area contributed by atoms with Gasteiger partial charge in [0.1, 0.15) is 0 Å². The van der Waals surface area contributed by atoms with Gasteiger partial charge in [-0.3, -0.25) is 4.57 Å². The van der Waals surface area contributed by atoms with Crippen LogP contribution >= 0.6 is 7.60 Å². The fourth-order valence-corrected chi connectivity index (χ4v) is 2.86. The maximum Gasteiger partial charge on any atom is 0.453 e. The Labute approximate surface area is 133 Å². The van der Waals surface area contributed by atoms with Gasteiger partial charge in [0.05, 0.1) is 0 Å². The summed E-state index contributed by atoms with van der Waals surface area (Å²) in [6.45, 7) is 0. The minimum Gasteiger partial charge on any atom is -0.324 e. The van der Waals surface area contributed by atoms with Gasteiger partial charge < -0.3 is 9.79 Å². The second-order valence-electron chi connectivity index (χ2n) is 5.88. The van der Waals surface area contributed by atoms with Crippen LogP contribution in [0.25, 0.3) is 0 Å². The lowest BCUT2D eigenvalue weighted by atomic mass is 10.0. The van der Waals surface area contributed by atoms with Gasteiger partial charge in [-0.05, 0) is 12.8 Å². The van der Waals surface area contributed by atoms with Gasteiger partial charge >= 0.3 is 19.7 Å². The Bertz CT molecular complexity index is 355. The summed E-state index contributed by atoms with van der Waals surface area (Å²) in [7, 11) is -3.89. The molecular weight excluding hydrogens is 342 g/mol. The summed E-state index contributed by atoms with van der Waals surface area (Å²) >= 11 is 0. The monoisotopic (exact) mass is 368 g/mol. The first-order valence-corrected chi connectivity index (χ1v) is 9.74. The highest BCUT2D eigenvalue weighted by molar-refractivity contribution is 7.51. The van der Waals surface area contributed by atoms with Crippen molar-refractivity contribution in [1.29, 1.82) is 0 Å². The van der Waals surface area contributed by atoms with Crippen LogP contribution in [0.1, 0.15) is 70.6 Å². The first kappa shape index (κ1) is 22.8. The number of alkyl halides is 5. The molecule has 0 aliphatic heterocycles. The van der Waals surface area contributed by atoms with Crippen molar-refractivity contribution in [3.05, 3.63) is 0 Å². The van der Waals surface area contributed by atoms with Gasteiger partial charge in [-0.25, -0.2) is 0 Å². The highest BCUT2D eigenvalue weighted by atomic mass is 31.2. The van der Waals surface area contributed by atoms with Crippen LogP contribution in [0.5, 0.6) is 0 Å². The second kappa shape index (κ2) is 10.6. The third-order valence-corrected chi connectivity index (χ3v) is 4.50. The van der Waals surface area contributed by atoms with Crippen LogP contribution in [0, 0.1) is 0 Å². The summed E-state index contributed by atoms with van der Waals surface area (Å²) in [6, 6.07) is 0. The van der Waals surface area contributed by atoms with Gasteiger partial charge in [0.25, 0.3) is 0 Å². The minimum atomic E-state index is -5.45. The fourth-order valence-electron chi connectivity index (χ4n) is 2.22. The SMILES string of the molecule is O=P(O)(O)CCCCCCCCCCCCC(F)(F)C(F)(F)F. The first-order valence-electron chi connectivity index (χ1n) is 7.95. The van der Waals surface area contributed by atoms with E-state index >= 15 is 0 Å². The number of unbranched alkanes of at least 4 members (excludes halogenated alkanes) is 9. The summed E-state index contributed by atoms with van der Waals surface area (Å²) < 4.78 is 71.5. The molecule has 0 unspecified atom stereocenters. The molecule has 0 aliphatic carbocycles. The summed E-state index contributed by atoms with van der Waals surface area (Å²) in [5.74, 6) is -4.58. The van der Waals surface area contributed by atoms with Crippen LogP contribution in [0.15, 0.2) is 0 Å². The van der Waals surface area contributed by atoms with Crippen molar-refractivity contribution in [2.75, 3.05) is 6.16 Å². The Balaban J connectivity index is 3.36. The molecule has 0 spiro atoms. The molecule has 140 valence electrons. The van der Waals surface area contributed by atoms with E-state index in [1.807, 2.05) is 0 Å². The molecular formula is C14H26F5O3P. The van der Waals surface area contributed by atoms with Gasteiger partial charge in [-0.1, -0.05) is 51.4 Å². The molecule has 0 atom stereocenters. The zero-order valence-electron chi connectivity index (χ0n) is 13.1. The van der Waals surface area contributed by atoms with Gasteiger partial charge in [0, 0.05) is 12.6 Å². The summed E-state index contributed by atoms with van der Waals surface area (Å²) in [5.41, 5.74) is 0. The smallest absolute Gasteiger partial charge is 0.324 e. The van der Waals surface area contributed by atoms with Gasteiger partial charge in [-0.15, -0.1) is 0 Å². The molecule has 0 aromatic carbocycles. The molecule has 0 bridgehead atoms. The predicted octanol–water partition coefficient (Wildman–Crippen LogP) is 5.65. The van der Waals surface area contributed by atoms with E-state index in [2.05, 4.69) is 0 Å². The highest BCUT2D eigenvalue weighted by Crippen LogP contribution is 2.39. The zero-order valence-corrected chi connectivity index (χ0v) is 14.0. The van der Waals surface area contributed by atoms with Crippen molar-refractivity contribution in [3.8, 4) is 0 Å². The van der Waals surface area contributed by atoms with Gasteiger partial charge in [-0.2, -0.15) is 22.0 Å². The molecule has 0 fully saturated rings. The maximum absolute atomic E-state index is 12.6. The molecule has 0 saturated heterocycles. The van der Waals surface area contributed by atoms with Crippen LogP contribution in [0.4, 0.5) is 22.0 Å². The average Bonchev–Trinajstić information content (AvgIpc) is 2.37. The topological polar surface area (TPSA) is 57.5 Å². The van der Waals surface area contributed by atoms with Crippen LogP contribution < -0.4 is 0 Å². The van der Waals surface area contributed by atoms with Crippen LogP contribution in [0.2, 0.25) is 0 Å². The molecule has 0 heterocycles. The van der Waals surface area contributed by atoms with E-state index in [1.165, 1.54) is 0 Å². The third-order valence-electron chi connectivity index (χ3n) is 3.60. The maximum atomic E-state index is 12.6. The van der Waals surface area contributed by atoms with Crippen molar-refractivity contribution in [1.82, 2.24) is 0 Å². The Hall–Kier alpha value is -0.200. The van der Waals surface area contributed by atoms with E-state index in [0.717, 1.165) is 38.5 Å². The van der Waals surface area contributed by atoms with E-state index in [9.17, 15) is 26.5 Å². The summed E-state index contributed by atoms with van der Waals surface area (Å²) in [4.78, 5) is 17.3. The average molecular weight is 368 g/mol. The van der Waals surface area contributed by atoms with Crippen molar-refractivity contribution < 1.29 is 36.3 Å². The lowest BCUT2D eigenvalue weighted by Gasteiger charge is -2.19. The Kier molecular flexibility index (Phi) is 10.5. The fraction of sp³-hybridized carbons (Fsp3) is 1.00. The van der Waals surface area contributed by atoms with E-state index < -0.39 is 26.1 Å². The van der Waals surface area contributed by atoms with E-state index in [-0.39, 0.29) is 12.6 Å². The van der Waals surface area contributed by atoms with Crippen LogP contribution in [0.3, 0.4) is 0 Å². The summed E-state index contributed by atoms with van der Waals surface area (Å²) in [6.07, 6.45) is -0.0727. The zero-order chi connectivity index (χ0) is 18.0. The minimum absolute atomic E-state index is 0.0877.